The third kappa shape index (κ3) is 7.72. The fourth-order valence-corrected chi connectivity index (χ4v) is 6.15. The molecule has 0 radical (unpaired) electrons. The van der Waals surface area contributed by atoms with Crippen molar-refractivity contribution in [2.24, 2.45) is 5.92 Å². The number of amides is 1. The van der Waals surface area contributed by atoms with Gasteiger partial charge in [-0.25, -0.2) is 0 Å². The second kappa shape index (κ2) is 13.8. The Kier molecular flexibility index (Phi) is 10.8. The van der Waals surface area contributed by atoms with Gasteiger partial charge in [-0.15, -0.1) is 0 Å². The molecule has 1 aromatic heterocycles. The average molecular weight is 508 g/mol. The van der Waals surface area contributed by atoms with Crippen molar-refractivity contribution in [3.8, 4) is 0 Å². The quantitative estimate of drug-likeness (QED) is 0.297. The molecule has 1 aliphatic carbocycles. The van der Waals surface area contributed by atoms with E-state index in [2.05, 4.69) is 49.0 Å². The number of aromatic amines is 1. The first kappa shape index (κ1) is 29.0. The normalized spacial score (nSPS) is 17.6. The fourth-order valence-electron chi connectivity index (χ4n) is 6.15. The van der Waals surface area contributed by atoms with Gasteiger partial charge in [0, 0.05) is 41.6 Å². The number of carbonyl (C=O) groups is 1. The van der Waals surface area contributed by atoms with E-state index in [-0.39, 0.29) is 18.0 Å². The molecule has 2 aromatic rings. The molecule has 1 heterocycles. The Morgan fingerprint density at radius 2 is 1.68 bits per heavy atom. The molecule has 0 bridgehead atoms. The average Bonchev–Trinajstić information content (AvgIpc) is 2.86. The molecule has 5 heteroatoms. The van der Waals surface area contributed by atoms with Crippen molar-refractivity contribution in [3.63, 3.8) is 0 Å². The highest BCUT2D eigenvalue weighted by Crippen LogP contribution is 2.35. The maximum Gasteiger partial charge on any atom is 0.253 e. The van der Waals surface area contributed by atoms with E-state index in [1.807, 2.05) is 26.0 Å². The fraction of sp³-hybridized carbons (Fsp3) is 0.625. The van der Waals surface area contributed by atoms with Gasteiger partial charge >= 0.3 is 0 Å². The van der Waals surface area contributed by atoms with Crippen LogP contribution >= 0.6 is 0 Å². The second-order valence-corrected chi connectivity index (χ2v) is 11.2. The predicted octanol–water partition coefficient (Wildman–Crippen LogP) is 7.28. The van der Waals surface area contributed by atoms with E-state index in [4.69, 9.17) is 0 Å². The van der Waals surface area contributed by atoms with Gasteiger partial charge < -0.3 is 15.2 Å². The first-order chi connectivity index (χ1) is 17.7. The molecule has 37 heavy (non-hydrogen) atoms. The Morgan fingerprint density at radius 1 is 0.973 bits per heavy atom. The van der Waals surface area contributed by atoms with Gasteiger partial charge in [-0.05, 0) is 101 Å². The van der Waals surface area contributed by atoms with Gasteiger partial charge in [0.1, 0.15) is 0 Å². The number of hydrogen-bond acceptors (Lipinski definition) is 3. The van der Waals surface area contributed by atoms with Gasteiger partial charge in [-0.3, -0.25) is 9.59 Å². The summed E-state index contributed by atoms with van der Waals surface area (Å²) in [5, 5.41) is 3.01. The van der Waals surface area contributed by atoms with Crippen LogP contribution in [-0.2, 0) is 6.54 Å². The zero-order valence-corrected chi connectivity index (χ0v) is 24.1. The number of carbonyl (C=O) groups excluding carboxylic acids is 1. The third-order valence-electron chi connectivity index (χ3n) is 8.31. The van der Waals surface area contributed by atoms with E-state index in [0.29, 0.717) is 17.2 Å². The lowest BCUT2D eigenvalue weighted by Crippen LogP contribution is -2.39. The molecule has 1 aromatic carbocycles. The number of pyridine rings is 1. The summed E-state index contributed by atoms with van der Waals surface area (Å²) in [5.41, 5.74) is 6.21. The Balaban J connectivity index is 1.67. The highest BCUT2D eigenvalue weighted by Gasteiger charge is 2.27. The molecule has 1 fully saturated rings. The van der Waals surface area contributed by atoms with Crippen molar-refractivity contribution < 1.29 is 4.79 Å². The van der Waals surface area contributed by atoms with Crippen LogP contribution < -0.4 is 15.8 Å². The molecule has 0 aliphatic heterocycles. The maximum atomic E-state index is 13.3. The molecule has 3 rings (SSSR count). The summed E-state index contributed by atoms with van der Waals surface area (Å²) in [6, 6.07) is 6.69. The van der Waals surface area contributed by atoms with E-state index in [9.17, 15) is 9.59 Å². The Bertz CT molecular complexity index is 1100. The SMILES string of the molecule is CCCCCCCC1CCC(N(CC)c2cc(C)cc(C(=O)NCc3c(C)cc(C)[nH]c3=O)c2C)CC1. The third-order valence-corrected chi connectivity index (χ3v) is 8.31. The summed E-state index contributed by atoms with van der Waals surface area (Å²) in [6.07, 6.45) is 13.3. The standard InChI is InChI=1S/C32H49N3O2/c1-7-9-10-11-12-13-26-14-16-27(17-15-26)35(8-2)30-19-22(3)18-28(25(30)6)31(36)33-21-29-23(4)20-24(5)34-32(29)37/h18-20,26-27H,7-17,21H2,1-6H3,(H,33,36)(H,34,37). The minimum absolute atomic E-state index is 0.121. The summed E-state index contributed by atoms with van der Waals surface area (Å²) in [4.78, 5) is 31.1. The van der Waals surface area contributed by atoms with Crippen LogP contribution in [0.1, 0.15) is 116 Å². The number of aryl methyl sites for hydroxylation is 3. The Hall–Kier alpha value is -2.56. The number of rotatable bonds is 12. The Morgan fingerprint density at radius 3 is 2.32 bits per heavy atom. The maximum absolute atomic E-state index is 13.3. The van der Waals surface area contributed by atoms with Crippen LogP contribution in [0.15, 0.2) is 23.0 Å². The number of nitrogens with one attached hydrogen (secondary N) is 2. The van der Waals surface area contributed by atoms with Crippen molar-refractivity contribution >= 4 is 11.6 Å². The van der Waals surface area contributed by atoms with Crippen LogP contribution in [-0.4, -0.2) is 23.5 Å². The molecule has 1 aliphatic rings. The van der Waals surface area contributed by atoms with Gasteiger partial charge in [-0.2, -0.15) is 0 Å². The van der Waals surface area contributed by atoms with Gasteiger partial charge in [0.2, 0.25) is 0 Å². The Labute approximate surface area is 224 Å². The molecule has 0 atom stereocenters. The summed E-state index contributed by atoms with van der Waals surface area (Å²) >= 11 is 0. The molecule has 0 unspecified atom stereocenters. The summed E-state index contributed by atoms with van der Waals surface area (Å²) < 4.78 is 0. The van der Waals surface area contributed by atoms with Crippen molar-refractivity contribution in [1.29, 1.82) is 0 Å². The number of benzene rings is 1. The first-order valence-electron chi connectivity index (χ1n) is 14.6. The zero-order valence-electron chi connectivity index (χ0n) is 24.1. The minimum Gasteiger partial charge on any atom is -0.369 e. The highest BCUT2D eigenvalue weighted by molar-refractivity contribution is 5.97. The van der Waals surface area contributed by atoms with Crippen molar-refractivity contribution in [2.75, 3.05) is 11.4 Å². The summed E-state index contributed by atoms with van der Waals surface area (Å²) in [5.74, 6) is 0.759. The lowest BCUT2D eigenvalue weighted by molar-refractivity contribution is 0.0950. The van der Waals surface area contributed by atoms with Gasteiger partial charge in [0.05, 0.1) is 0 Å². The molecule has 0 saturated heterocycles. The highest BCUT2D eigenvalue weighted by atomic mass is 16.1. The van der Waals surface area contributed by atoms with Crippen LogP contribution in [0.25, 0.3) is 0 Å². The van der Waals surface area contributed by atoms with Crippen molar-refractivity contribution in [2.45, 2.75) is 118 Å². The van der Waals surface area contributed by atoms with Crippen LogP contribution in [0.5, 0.6) is 0 Å². The zero-order chi connectivity index (χ0) is 26.9. The minimum atomic E-state index is -0.131. The second-order valence-electron chi connectivity index (χ2n) is 11.2. The van der Waals surface area contributed by atoms with Crippen molar-refractivity contribution in [3.05, 3.63) is 62.1 Å². The van der Waals surface area contributed by atoms with Gasteiger partial charge in [-0.1, -0.05) is 45.4 Å². The number of anilines is 1. The van der Waals surface area contributed by atoms with E-state index >= 15 is 0 Å². The van der Waals surface area contributed by atoms with Crippen molar-refractivity contribution in [1.82, 2.24) is 10.3 Å². The largest absolute Gasteiger partial charge is 0.369 e. The van der Waals surface area contributed by atoms with Gasteiger partial charge in [0.25, 0.3) is 11.5 Å². The molecule has 1 saturated carbocycles. The number of aromatic nitrogens is 1. The van der Waals surface area contributed by atoms with E-state index < -0.39 is 0 Å². The molecular weight excluding hydrogens is 458 g/mol. The molecule has 0 spiro atoms. The van der Waals surface area contributed by atoms with E-state index in [1.165, 1.54) is 69.9 Å². The number of unbranched alkanes of at least 4 members (excludes halogenated alkanes) is 4. The lowest BCUT2D eigenvalue weighted by Gasteiger charge is -2.39. The van der Waals surface area contributed by atoms with E-state index in [0.717, 1.165) is 34.8 Å². The van der Waals surface area contributed by atoms with Crippen LogP contribution in [0.3, 0.4) is 0 Å². The molecule has 1 amide bonds. The number of nitrogens with zero attached hydrogens (tertiary/aromatic N) is 1. The predicted molar refractivity (Wildman–Crippen MR) is 156 cm³/mol. The van der Waals surface area contributed by atoms with Crippen LogP contribution in [0.4, 0.5) is 5.69 Å². The summed E-state index contributed by atoms with van der Waals surface area (Å²) in [6.45, 7) is 13.6. The first-order valence-corrected chi connectivity index (χ1v) is 14.6. The van der Waals surface area contributed by atoms with Crippen LogP contribution in [0, 0.1) is 33.6 Å². The molecule has 2 N–H and O–H groups in total. The molecular formula is C32H49N3O2. The number of H-pyrrole nitrogens is 1. The topological polar surface area (TPSA) is 65.2 Å². The molecule has 5 nitrogen and oxygen atoms in total. The van der Waals surface area contributed by atoms with Crippen LogP contribution in [0.2, 0.25) is 0 Å². The number of hydrogen-bond donors (Lipinski definition) is 2. The van der Waals surface area contributed by atoms with E-state index in [1.54, 1.807) is 0 Å². The monoisotopic (exact) mass is 507 g/mol. The van der Waals surface area contributed by atoms with Gasteiger partial charge in [0.15, 0.2) is 0 Å². The smallest absolute Gasteiger partial charge is 0.253 e. The molecule has 204 valence electrons. The summed E-state index contributed by atoms with van der Waals surface area (Å²) in [7, 11) is 0. The lowest BCUT2D eigenvalue weighted by atomic mass is 9.82.